The standard InChI is InChI=1S/C12H12F3N3/c1-2-6-5-10(16)17-18-12(6)7-3-8(13)11(15)9(14)4-7/h3-4,6H,2,5H2,1H3,(H2,16,17). The van der Waals surface area contributed by atoms with E-state index in [4.69, 9.17) is 5.73 Å². The van der Waals surface area contributed by atoms with Gasteiger partial charge in [0.25, 0.3) is 0 Å². The molecule has 0 amide bonds. The Labute approximate surface area is 102 Å². The summed E-state index contributed by atoms with van der Waals surface area (Å²) in [5, 5.41) is 7.58. The van der Waals surface area contributed by atoms with E-state index in [1.54, 1.807) is 0 Å². The van der Waals surface area contributed by atoms with Gasteiger partial charge in [0.05, 0.1) is 5.71 Å². The minimum absolute atomic E-state index is 0.0632. The van der Waals surface area contributed by atoms with Crippen molar-refractivity contribution in [2.45, 2.75) is 19.8 Å². The third-order valence-electron chi connectivity index (χ3n) is 2.90. The van der Waals surface area contributed by atoms with E-state index in [9.17, 15) is 13.2 Å². The maximum Gasteiger partial charge on any atom is 0.194 e. The van der Waals surface area contributed by atoms with Gasteiger partial charge in [0.15, 0.2) is 17.5 Å². The second-order valence-electron chi connectivity index (χ2n) is 4.14. The van der Waals surface area contributed by atoms with Crippen LogP contribution in [0.1, 0.15) is 25.3 Å². The summed E-state index contributed by atoms with van der Waals surface area (Å²) >= 11 is 0. The Morgan fingerprint density at radius 2 is 1.83 bits per heavy atom. The van der Waals surface area contributed by atoms with Crippen LogP contribution in [-0.2, 0) is 0 Å². The van der Waals surface area contributed by atoms with Gasteiger partial charge in [-0.25, -0.2) is 13.2 Å². The molecule has 0 saturated heterocycles. The van der Waals surface area contributed by atoms with Crippen LogP contribution in [0.5, 0.6) is 0 Å². The van der Waals surface area contributed by atoms with Crippen LogP contribution < -0.4 is 5.73 Å². The second-order valence-corrected chi connectivity index (χ2v) is 4.14. The molecule has 1 aliphatic heterocycles. The van der Waals surface area contributed by atoms with Crippen molar-refractivity contribution in [2.24, 2.45) is 21.9 Å². The van der Waals surface area contributed by atoms with Crippen LogP contribution >= 0.6 is 0 Å². The molecule has 1 aliphatic rings. The number of nitrogens with zero attached hydrogens (tertiary/aromatic N) is 2. The lowest BCUT2D eigenvalue weighted by molar-refractivity contribution is 0.446. The number of nitrogens with two attached hydrogens (primary N) is 1. The zero-order valence-corrected chi connectivity index (χ0v) is 9.75. The van der Waals surface area contributed by atoms with Crippen LogP contribution in [0, 0.1) is 23.4 Å². The molecule has 1 atom stereocenters. The molecule has 3 nitrogen and oxygen atoms in total. The SMILES string of the molecule is CCC1CC(N)=NN=C1c1cc(F)c(F)c(F)c1. The smallest absolute Gasteiger partial charge is 0.194 e. The van der Waals surface area contributed by atoms with Crippen molar-refractivity contribution in [3.8, 4) is 0 Å². The van der Waals surface area contributed by atoms with Gasteiger partial charge in [-0.05, 0) is 18.6 Å². The first-order valence-corrected chi connectivity index (χ1v) is 5.57. The van der Waals surface area contributed by atoms with E-state index in [0.717, 1.165) is 12.1 Å². The Morgan fingerprint density at radius 3 is 2.39 bits per heavy atom. The maximum atomic E-state index is 13.2. The zero-order valence-electron chi connectivity index (χ0n) is 9.75. The predicted molar refractivity (Wildman–Crippen MR) is 62.9 cm³/mol. The molecule has 0 spiro atoms. The molecule has 6 heteroatoms. The van der Waals surface area contributed by atoms with Crippen molar-refractivity contribution in [1.82, 2.24) is 0 Å². The molecule has 0 saturated carbocycles. The van der Waals surface area contributed by atoms with Gasteiger partial charge in [-0.3, -0.25) is 0 Å². The summed E-state index contributed by atoms with van der Waals surface area (Å²) in [5.74, 6) is -3.62. The topological polar surface area (TPSA) is 50.7 Å². The highest BCUT2D eigenvalue weighted by Crippen LogP contribution is 2.23. The van der Waals surface area contributed by atoms with Crippen LogP contribution in [0.15, 0.2) is 22.3 Å². The average molecular weight is 255 g/mol. The molecule has 0 fully saturated rings. The fraction of sp³-hybridized carbons (Fsp3) is 0.333. The zero-order chi connectivity index (χ0) is 13.3. The van der Waals surface area contributed by atoms with E-state index in [-0.39, 0.29) is 11.5 Å². The minimum Gasteiger partial charge on any atom is -0.386 e. The van der Waals surface area contributed by atoms with Crippen molar-refractivity contribution in [3.05, 3.63) is 35.1 Å². The number of benzene rings is 1. The fourth-order valence-electron chi connectivity index (χ4n) is 1.92. The molecule has 0 bridgehead atoms. The van der Waals surface area contributed by atoms with Gasteiger partial charge in [0.1, 0.15) is 5.84 Å². The van der Waals surface area contributed by atoms with Crippen LogP contribution in [0.25, 0.3) is 0 Å². The van der Waals surface area contributed by atoms with Crippen LogP contribution in [-0.4, -0.2) is 11.5 Å². The van der Waals surface area contributed by atoms with Gasteiger partial charge >= 0.3 is 0 Å². The van der Waals surface area contributed by atoms with E-state index < -0.39 is 17.5 Å². The Bertz CT molecular complexity index is 514. The van der Waals surface area contributed by atoms with Crippen LogP contribution in [0.3, 0.4) is 0 Å². The molecule has 1 heterocycles. The normalized spacial score (nSPS) is 19.4. The number of rotatable bonds is 2. The molecule has 1 aromatic rings. The van der Waals surface area contributed by atoms with E-state index in [2.05, 4.69) is 10.2 Å². The Morgan fingerprint density at radius 1 is 1.22 bits per heavy atom. The third-order valence-corrected chi connectivity index (χ3v) is 2.90. The average Bonchev–Trinajstić information content (AvgIpc) is 2.35. The molecular weight excluding hydrogens is 243 g/mol. The molecule has 1 aromatic carbocycles. The Kier molecular flexibility index (Phi) is 3.36. The second kappa shape index (κ2) is 4.80. The lowest BCUT2D eigenvalue weighted by atomic mass is 9.90. The minimum atomic E-state index is -1.48. The highest BCUT2D eigenvalue weighted by molar-refractivity contribution is 6.05. The summed E-state index contributed by atoms with van der Waals surface area (Å²) in [7, 11) is 0. The van der Waals surface area contributed by atoms with Gasteiger partial charge in [0.2, 0.25) is 0 Å². The van der Waals surface area contributed by atoms with Crippen molar-refractivity contribution in [1.29, 1.82) is 0 Å². The summed E-state index contributed by atoms with van der Waals surface area (Å²) in [6.45, 7) is 1.91. The van der Waals surface area contributed by atoms with Gasteiger partial charge in [0, 0.05) is 17.9 Å². The molecule has 0 aliphatic carbocycles. The number of hydrogen-bond acceptors (Lipinski definition) is 3. The largest absolute Gasteiger partial charge is 0.386 e. The van der Waals surface area contributed by atoms with Crippen molar-refractivity contribution in [2.75, 3.05) is 0 Å². The van der Waals surface area contributed by atoms with Gasteiger partial charge < -0.3 is 5.73 Å². The third kappa shape index (κ3) is 2.23. The van der Waals surface area contributed by atoms with Crippen molar-refractivity contribution < 1.29 is 13.2 Å². The van der Waals surface area contributed by atoms with Crippen molar-refractivity contribution >= 4 is 11.5 Å². The molecule has 2 N–H and O–H groups in total. The highest BCUT2D eigenvalue weighted by atomic mass is 19.2. The molecule has 96 valence electrons. The van der Waals surface area contributed by atoms with E-state index in [0.29, 0.717) is 24.4 Å². The van der Waals surface area contributed by atoms with Crippen LogP contribution in [0.2, 0.25) is 0 Å². The fourth-order valence-corrected chi connectivity index (χ4v) is 1.92. The predicted octanol–water partition coefficient (Wildman–Crippen LogP) is 2.60. The monoisotopic (exact) mass is 255 g/mol. The summed E-state index contributed by atoms with van der Waals surface area (Å²) in [6, 6.07) is 1.86. The van der Waals surface area contributed by atoms with Gasteiger partial charge in [-0.15, -0.1) is 5.10 Å². The van der Waals surface area contributed by atoms with E-state index >= 15 is 0 Å². The molecular formula is C12H12F3N3. The molecule has 0 aromatic heterocycles. The molecule has 2 rings (SSSR count). The van der Waals surface area contributed by atoms with Gasteiger partial charge in [-0.1, -0.05) is 6.92 Å². The number of hydrogen-bond donors (Lipinski definition) is 1. The lowest BCUT2D eigenvalue weighted by Crippen LogP contribution is -2.27. The number of amidine groups is 1. The van der Waals surface area contributed by atoms with Crippen molar-refractivity contribution in [3.63, 3.8) is 0 Å². The number of halogens is 3. The van der Waals surface area contributed by atoms with E-state index in [1.807, 2.05) is 6.92 Å². The molecule has 0 radical (unpaired) electrons. The first-order valence-electron chi connectivity index (χ1n) is 5.57. The first-order chi connectivity index (χ1) is 8.52. The Balaban J connectivity index is 2.48. The first kappa shape index (κ1) is 12.6. The van der Waals surface area contributed by atoms with E-state index in [1.165, 1.54) is 0 Å². The molecule has 1 unspecified atom stereocenters. The Hall–Kier alpha value is -1.85. The highest BCUT2D eigenvalue weighted by Gasteiger charge is 2.23. The summed E-state index contributed by atoms with van der Waals surface area (Å²) in [5.41, 5.74) is 6.20. The van der Waals surface area contributed by atoms with Gasteiger partial charge in [-0.2, -0.15) is 5.10 Å². The lowest BCUT2D eigenvalue weighted by Gasteiger charge is -2.20. The maximum absolute atomic E-state index is 13.2. The van der Waals surface area contributed by atoms with Crippen LogP contribution in [0.4, 0.5) is 13.2 Å². The summed E-state index contributed by atoms with van der Waals surface area (Å²) in [6.07, 6.45) is 1.19. The summed E-state index contributed by atoms with van der Waals surface area (Å²) in [4.78, 5) is 0. The quantitative estimate of drug-likeness (QED) is 0.811. The summed E-state index contributed by atoms with van der Waals surface area (Å²) < 4.78 is 39.2. The molecule has 18 heavy (non-hydrogen) atoms.